The lowest BCUT2D eigenvalue weighted by atomic mass is 10.2. The fourth-order valence-corrected chi connectivity index (χ4v) is 2.97. The van der Waals surface area contributed by atoms with Gasteiger partial charge in [-0.25, -0.2) is 0 Å². The molecule has 0 amide bonds. The molecular weight excluding hydrogens is 324 g/mol. The normalized spacial score (nSPS) is 10.5. The van der Waals surface area contributed by atoms with Crippen LogP contribution >= 0.6 is 38.9 Å². The van der Waals surface area contributed by atoms with E-state index in [-0.39, 0.29) is 6.61 Å². The average Bonchev–Trinajstić information content (AvgIpc) is 2.73. The maximum absolute atomic E-state index is 8.97. The summed E-state index contributed by atoms with van der Waals surface area (Å²) in [5, 5.41) is 11.5. The van der Waals surface area contributed by atoms with Crippen molar-refractivity contribution in [3.63, 3.8) is 0 Å². The zero-order valence-electron chi connectivity index (χ0n) is 8.82. The lowest BCUT2D eigenvalue weighted by Crippen LogP contribution is -1.95. The van der Waals surface area contributed by atoms with E-state index in [9.17, 15) is 0 Å². The lowest BCUT2D eigenvalue weighted by Gasteiger charge is -2.08. The molecule has 0 aliphatic rings. The summed E-state index contributed by atoms with van der Waals surface area (Å²) in [5.41, 5.74) is 0.777. The molecule has 0 unspecified atom stereocenters. The number of rotatable bonds is 4. The van der Waals surface area contributed by atoms with Crippen LogP contribution in [0, 0.1) is 0 Å². The molecule has 0 saturated heterocycles. The Morgan fingerprint density at radius 3 is 2.76 bits per heavy atom. The van der Waals surface area contributed by atoms with Crippen molar-refractivity contribution in [2.75, 3.05) is 0 Å². The zero-order chi connectivity index (χ0) is 12.3. The van der Waals surface area contributed by atoms with Crippen LogP contribution in [0.3, 0.4) is 0 Å². The first-order valence-corrected chi connectivity index (χ1v) is 6.99. The second-order valence-corrected chi connectivity index (χ2v) is 5.67. The van der Waals surface area contributed by atoms with Gasteiger partial charge in [0, 0.05) is 4.47 Å². The van der Waals surface area contributed by atoms with E-state index in [1.54, 1.807) is 29.5 Å². The highest BCUT2D eigenvalue weighted by atomic mass is 79.9. The Bertz CT molecular complexity index is 513. The number of hydrogen-bond donors (Lipinski definition) is 1. The van der Waals surface area contributed by atoms with E-state index >= 15 is 0 Å². The first-order chi connectivity index (χ1) is 8.20. The van der Waals surface area contributed by atoms with Gasteiger partial charge in [0.2, 0.25) is 0 Å². The van der Waals surface area contributed by atoms with Gasteiger partial charge in [0.25, 0.3) is 0 Å². The van der Waals surface area contributed by atoms with Crippen molar-refractivity contribution >= 4 is 38.9 Å². The van der Waals surface area contributed by atoms with Crippen molar-refractivity contribution < 1.29 is 9.84 Å². The number of benzene rings is 1. The minimum absolute atomic E-state index is 0.0174. The van der Waals surface area contributed by atoms with Crippen LogP contribution < -0.4 is 4.74 Å². The molecule has 0 atom stereocenters. The van der Waals surface area contributed by atoms with Crippen LogP contribution in [-0.4, -0.2) is 5.11 Å². The highest BCUT2D eigenvalue weighted by Gasteiger charge is 2.06. The van der Waals surface area contributed by atoms with E-state index in [4.69, 9.17) is 21.4 Å². The third kappa shape index (κ3) is 3.22. The van der Waals surface area contributed by atoms with Crippen molar-refractivity contribution in [1.29, 1.82) is 0 Å². The molecule has 2 rings (SSSR count). The highest BCUT2D eigenvalue weighted by molar-refractivity contribution is 9.10. The molecule has 5 heteroatoms. The lowest BCUT2D eigenvalue weighted by molar-refractivity contribution is 0.281. The van der Waals surface area contributed by atoms with E-state index < -0.39 is 0 Å². The number of hydrogen-bond acceptors (Lipinski definition) is 3. The van der Waals surface area contributed by atoms with Crippen molar-refractivity contribution in [1.82, 2.24) is 0 Å². The van der Waals surface area contributed by atoms with Gasteiger partial charge < -0.3 is 9.84 Å². The molecule has 17 heavy (non-hydrogen) atoms. The van der Waals surface area contributed by atoms with Crippen molar-refractivity contribution in [2.24, 2.45) is 0 Å². The Morgan fingerprint density at radius 1 is 1.35 bits per heavy atom. The van der Waals surface area contributed by atoms with Crippen LogP contribution in [0.1, 0.15) is 10.4 Å². The Labute approximate surface area is 117 Å². The summed E-state index contributed by atoms with van der Waals surface area (Å²) in [5.74, 6) is 0.629. The van der Waals surface area contributed by atoms with E-state index in [2.05, 4.69) is 15.9 Å². The molecule has 1 aromatic heterocycles. The third-order valence-corrected chi connectivity index (χ3v) is 4.42. The van der Waals surface area contributed by atoms with Gasteiger partial charge in [-0.3, -0.25) is 0 Å². The van der Waals surface area contributed by atoms with Crippen LogP contribution in [-0.2, 0) is 13.2 Å². The van der Waals surface area contributed by atoms with Crippen molar-refractivity contribution in [3.05, 3.63) is 49.6 Å². The van der Waals surface area contributed by atoms with Gasteiger partial charge in [-0.05, 0) is 45.1 Å². The molecule has 2 nitrogen and oxygen atoms in total. The second kappa shape index (κ2) is 5.87. The molecule has 1 heterocycles. The molecule has 0 aliphatic carbocycles. The van der Waals surface area contributed by atoms with Crippen molar-refractivity contribution in [3.8, 4) is 5.75 Å². The van der Waals surface area contributed by atoms with E-state index in [0.29, 0.717) is 17.4 Å². The van der Waals surface area contributed by atoms with Crippen LogP contribution in [0.2, 0.25) is 5.02 Å². The maximum Gasteiger partial charge on any atom is 0.138 e. The van der Waals surface area contributed by atoms with Crippen LogP contribution in [0.5, 0.6) is 5.75 Å². The standard InChI is InChI=1S/C12H10BrClO2S/c13-9-3-4-17-12(9)7-16-11-2-1-8(6-15)5-10(11)14/h1-5,15H,6-7H2. The number of aliphatic hydroxyl groups excluding tert-OH is 1. The summed E-state index contributed by atoms with van der Waals surface area (Å²) in [4.78, 5) is 1.12. The van der Waals surface area contributed by atoms with Gasteiger partial charge >= 0.3 is 0 Å². The van der Waals surface area contributed by atoms with Gasteiger partial charge in [-0.2, -0.15) is 0 Å². The number of thiophene rings is 1. The minimum atomic E-state index is -0.0174. The molecular formula is C12H10BrClO2S. The predicted molar refractivity (Wildman–Crippen MR) is 73.7 cm³/mol. The fourth-order valence-electron chi connectivity index (χ4n) is 1.33. The molecule has 0 saturated carbocycles. The molecule has 0 bridgehead atoms. The quantitative estimate of drug-likeness (QED) is 0.907. The zero-order valence-corrected chi connectivity index (χ0v) is 12.0. The maximum atomic E-state index is 8.97. The first-order valence-electron chi connectivity index (χ1n) is 4.94. The number of aliphatic hydroxyl groups is 1. The number of ether oxygens (including phenoxy) is 1. The predicted octanol–water partition coefficient (Wildman–Crippen LogP) is 4.24. The summed E-state index contributed by atoms with van der Waals surface area (Å²) in [6.07, 6.45) is 0. The summed E-state index contributed by atoms with van der Waals surface area (Å²) >= 11 is 11.1. The first kappa shape index (κ1) is 12.9. The average molecular weight is 334 g/mol. The monoisotopic (exact) mass is 332 g/mol. The van der Waals surface area contributed by atoms with Gasteiger partial charge in [-0.1, -0.05) is 17.7 Å². The summed E-state index contributed by atoms with van der Waals surface area (Å²) < 4.78 is 6.68. The van der Waals surface area contributed by atoms with Gasteiger partial charge in [-0.15, -0.1) is 11.3 Å². The van der Waals surface area contributed by atoms with Crippen LogP contribution in [0.15, 0.2) is 34.1 Å². The topological polar surface area (TPSA) is 29.5 Å². The van der Waals surface area contributed by atoms with E-state index in [1.165, 1.54) is 0 Å². The molecule has 0 spiro atoms. The largest absolute Gasteiger partial charge is 0.486 e. The van der Waals surface area contributed by atoms with Gasteiger partial charge in [0.1, 0.15) is 12.4 Å². The highest BCUT2D eigenvalue weighted by Crippen LogP contribution is 2.29. The molecule has 1 N–H and O–H groups in total. The molecule has 0 aliphatic heterocycles. The summed E-state index contributed by atoms with van der Waals surface area (Å²) in [6, 6.07) is 7.26. The van der Waals surface area contributed by atoms with E-state index in [1.807, 2.05) is 11.4 Å². The summed E-state index contributed by atoms with van der Waals surface area (Å²) in [7, 11) is 0. The van der Waals surface area contributed by atoms with Crippen molar-refractivity contribution in [2.45, 2.75) is 13.2 Å². The Morgan fingerprint density at radius 2 is 2.18 bits per heavy atom. The van der Waals surface area contributed by atoms with Gasteiger partial charge in [0.05, 0.1) is 16.5 Å². The third-order valence-electron chi connectivity index (χ3n) is 2.23. The number of halogens is 2. The van der Waals surface area contributed by atoms with Gasteiger partial charge in [0.15, 0.2) is 0 Å². The van der Waals surface area contributed by atoms with Crippen LogP contribution in [0.4, 0.5) is 0 Å². The Kier molecular flexibility index (Phi) is 4.45. The Balaban J connectivity index is 2.07. The molecule has 90 valence electrons. The van der Waals surface area contributed by atoms with Crippen LogP contribution in [0.25, 0.3) is 0 Å². The SMILES string of the molecule is OCc1ccc(OCc2sccc2Br)c(Cl)c1. The molecule has 2 aromatic rings. The fraction of sp³-hybridized carbons (Fsp3) is 0.167. The van der Waals surface area contributed by atoms with E-state index in [0.717, 1.165) is 14.9 Å². The second-order valence-electron chi connectivity index (χ2n) is 3.40. The summed E-state index contributed by atoms with van der Waals surface area (Å²) in [6.45, 7) is 0.465. The minimum Gasteiger partial charge on any atom is -0.486 e. The smallest absolute Gasteiger partial charge is 0.138 e. The Hall–Kier alpha value is -0.550. The molecule has 1 aromatic carbocycles. The molecule has 0 fully saturated rings. The molecule has 0 radical (unpaired) electrons.